The maximum Gasteiger partial charge on any atom is 0.331 e. The van der Waals surface area contributed by atoms with Crippen molar-refractivity contribution >= 4 is 46.1 Å². The summed E-state index contributed by atoms with van der Waals surface area (Å²) in [4.78, 5) is 62.6. The van der Waals surface area contributed by atoms with Crippen LogP contribution in [0.4, 0.5) is 22.1 Å². The van der Waals surface area contributed by atoms with Gasteiger partial charge in [0.15, 0.2) is 0 Å². The monoisotopic (exact) mass is 563 g/mol. The lowest BCUT2D eigenvalue weighted by Gasteiger charge is -2.19. The zero-order valence-corrected chi connectivity index (χ0v) is 23.2. The number of aryl methyl sites for hydroxylation is 1. The Kier molecular flexibility index (Phi) is 6.25. The van der Waals surface area contributed by atoms with Crippen molar-refractivity contribution in [2.45, 2.75) is 44.6 Å². The van der Waals surface area contributed by atoms with Gasteiger partial charge in [0.1, 0.15) is 30.3 Å². The molecular weight excluding hydrogens is 534 g/mol. The van der Waals surface area contributed by atoms with Crippen LogP contribution < -0.4 is 15.5 Å². The number of rotatable bonds is 8. The van der Waals surface area contributed by atoms with Crippen LogP contribution >= 0.6 is 0 Å². The first-order valence-electron chi connectivity index (χ1n) is 14.0. The Bertz CT molecular complexity index is 1760. The fourth-order valence-electron chi connectivity index (χ4n) is 5.39. The number of anilines is 3. The van der Waals surface area contributed by atoms with E-state index in [0.717, 1.165) is 34.4 Å². The predicted molar refractivity (Wildman–Crippen MR) is 155 cm³/mol. The molecule has 2 aliphatic carbocycles. The molecule has 0 unspecified atom stereocenters. The van der Waals surface area contributed by atoms with Crippen LogP contribution in [-0.2, 0) is 16.1 Å². The molecule has 0 spiro atoms. The van der Waals surface area contributed by atoms with Gasteiger partial charge in [-0.2, -0.15) is 0 Å². The van der Waals surface area contributed by atoms with Gasteiger partial charge in [-0.3, -0.25) is 24.4 Å². The Hall–Kier alpha value is -5.00. The molecule has 3 fully saturated rings. The van der Waals surface area contributed by atoms with E-state index < -0.39 is 0 Å². The minimum atomic E-state index is -0.373. The fraction of sp³-hybridized carbons (Fsp3) is 0.333. The van der Waals surface area contributed by atoms with Gasteiger partial charge in [0, 0.05) is 55.0 Å². The van der Waals surface area contributed by atoms with Crippen LogP contribution in [0, 0.1) is 12.8 Å². The van der Waals surface area contributed by atoms with Gasteiger partial charge in [-0.25, -0.2) is 24.7 Å². The first-order chi connectivity index (χ1) is 20.3. The van der Waals surface area contributed by atoms with E-state index in [-0.39, 0.29) is 36.2 Å². The Balaban J connectivity index is 1.08. The van der Waals surface area contributed by atoms with Crippen LogP contribution in [0.1, 0.15) is 53.7 Å². The SMILES string of the molecule is Cc1ccnc([C@H]2C[C@@H]2C(=O)Nc2cc(NCc3cc(N4CC(=O)N(C)C4=O)c4ncc(C5CC5)cc4c3)ncn2)n1. The molecule has 0 bridgehead atoms. The summed E-state index contributed by atoms with van der Waals surface area (Å²) in [6, 6.07) is 9.20. The standard InChI is InChI=1S/C30H29N9O3/c1-16-5-6-31-28(36-16)21-10-22(21)29(41)37-25-11-24(34-15-35-25)32-12-17-7-19-9-20(18-3-4-18)13-33-27(19)23(8-17)39-14-26(40)38(2)30(39)42/h5-9,11,13,15,18,21-22H,3-4,10,12,14H2,1-2H3,(H2,32,34,35,37,41)/t21-,22-/m0/s1. The first-order valence-corrected chi connectivity index (χ1v) is 14.0. The molecule has 2 saturated carbocycles. The van der Waals surface area contributed by atoms with Crippen LogP contribution in [0.5, 0.6) is 0 Å². The van der Waals surface area contributed by atoms with Crippen molar-refractivity contribution in [3.8, 4) is 0 Å². The van der Waals surface area contributed by atoms with Gasteiger partial charge in [0.2, 0.25) is 11.8 Å². The fourth-order valence-corrected chi connectivity index (χ4v) is 5.39. The smallest absolute Gasteiger partial charge is 0.331 e. The highest BCUT2D eigenvalue weighted by atomic mass is 16.2. The third kappa shape index (κ3) is 5.00. The third-order valence-corrected chi connectivity index (χ3v) is 8.03. The number of carbonyl (C=O) groups excluding carboxylic acids is 3. The van der Waals surface area contributed by atoms with E-state index in [2.05, 4.69) is 36.6 Å². The minimum absolute atomic E-state index is 0.0129. The number of benzene rings is 1. The highest BCUT2D eigenvalue weighted by molar-refractivity contribution is 6.14. The predicted octanol–water partition coefficient (Wildman–Crippen LogP) is 3.75. The van der Waals surface area contributed by atoms with Crippen molar-refractivity contribution in [3.05, 3.63) is 71.7 Å². The molecule has 1 aliphatic heterocycles. The number of hydrogen-bond acceptors (Lipinski definition) is 9. The highest BCUT2D eigenvalue weighted by Crippen LogP contribution is 2.46. The number of carbonyl (C=O) groups is 3. The number of urea groups is 1. The lowest BCUT2D eigenvalue weighted by molar-refractivity contribution is -0.124. The second-order valence-corrected chi connectivity index (χ2v) is 11.2. The molecule has 4 amide bonds. The van der Waals surface area contributed by atoms with E-state index in [0.29, 0.717) is 47.5 Å². The molecule has 3 aromatic heterocycles. The maximum atomic E-state index is 12.9. The van der Waals surface area contributed by atoms with Gasteiger partial charge < -0.3 is 10.6 Å². The quantitative estimate of drug-likeness (QED) is 0.306. The summed E-state index contributed by atoms with van der Waals surface area (Å²) in [5, 5.41) is 7.10. The molecule has 2 N–H and O–H groups in total. The molecule has 12 nitrogen and oxygen atoms in total. The van der Waals surface area contributed by atoms with Crippen LogP contribution in [-0.4, -0.2) is 61.3 Å². The van der Waals surface area contributed by atoms with Crippen LogP contribution in [0.25, 0.3) is 10.9 Å². The van der Waals surface area contributed by atoms with Crippen molar-refractivity contribution in [2.75, 3.05) is 29.1 Å². The minimum Gasteiger partial charge on any atom is -0.366 e. The summed E-state index contributed by atoms with van der Waals surface area (Å²) in [5.41, 5.74) is 4.24. The average molecular weight is 564 g/mol. The average Bonchev–Trinajstić information content (AvgIpc) is 3.91. The number of pyridine rings is 1. The van der Waals surface area contributed by atoms with Crippen molar-refractivity contribution in [3.63, 3.8) is 0 Å². The summed E-state index contributed by atoms with van der Waals surface area (Å²) >= 11 is 0. The molecule has 3 aliphatic rings. The largest absolute Gasteiger partial charge is 0.366 e. The molecule has 2 atom stereocenters. The number of amides is 4. The van der Waals surface area contributed by atoms with E-state index in [9.17, 15) is 14.4 Å². The van der Waals surface area contributed by atoms with Crippen molar-refractivity contribution in [1.29, 1.82) is 0 Å². The molecule has 212 valence electrons. The number of nitrogens with one attached hydrogen (secondary N) is 2. The van der Waals surface area contributed by atoms with Crippen LogP contribution in [0.15, 0.2) is 49.1 Å². The van der Waals surface area contributed by atoms with E-state index >= 15 is 0 Å². The molecule has 4 heterocycles. The first kappa shape index (κ1) is 25.9. The lowest BCUT2D eigenvalue weighted by atomic mass is 10.0. The molecule has 42 heavy (non-hydrogen) atoms. The summed E-state index contributed by atoms with van der Waals surface area (Å²) in [6.07, 6.45) is 8.00. The summed E-state index contributed by atoms with van der Waals surface area (Å²) in [7, 11) is 1.49. The number of likely N-dealkylation sites (N-methyl/N-ethyl adjacent to an activating group) is 1. The van der Waals surface area contributed by atoms with Gasteiger partial charge in [-0.15, -0.1) is 0 Å². The Morgan fingerprint density at radius 2 is 1.88 bits per heavy atom. The molecule has 1 aromatic carbocycles. The zero-order valence-electron chi connectivity index (χ0n) is 23.2. The van der Waals surface area contributed by atoms with E-state index in [4.69, 9.17) is 4.98 Å². The molecule has 7 rings (SSSR count). The third-order valence-electron chi connectivity index (χ3n) is 8.03. The maximum absolute atomic E-state index is 12.9. The van der Waals surface area contributed by atoms with Crippen molar-refractivity contribution in [2.24, 2.45) is 5.92 Å². The number of hydrogen-bond donors (Lipinski definition) is 2. The Morgan fingerprint density at radius 1 is 1.05 bits per heavy atom. The molecule has 4 aromatic rings. The summed E-state index contributed by atoms with van der Waals surface area (Å²) in [6.45, 7) is 2.27. The van der Waals surface area contributed by atoms with Crippen LogP contribution in [0.2, 0.25) is 0 Å². The second kappa shape index (κ2) is 10.1. The van der Waals surface area contributed by atoms with Crippen LogP contribution in [0.3, 0.4) is 0 Å². The van der Waals surface area contributed by atoms with E-state index in [1.807, 2.05) is 31.3 Å². The number of aromatic nitrogens is 5. The Morgan fingerprint density at radius 3 is 2.64 bits per heavy atom. The molecular formula is C30H29N9O3. The van der Waals surface area contributed by atoms with Crippen molar-refractivity contribution in [1.82, 2.24) is 29.8 Å². The molecule has 0 radical (unpaired) electrons. The molecule has 1 saturated heterocycles. The zero-order chi connectivity index (χ0) is 29.0. The number of nitrogens with zero attached hydrogens (tertiary/aromatic N) is 7. The Labute approximate surface area is 241 Å². The number of fused-ring (bicyclic) bond motifs is 1. The van der Waals surface area contributed by atoms with Gasteiger partial charge in [0.05, 0.1) is 11.2 Å². The normalized spacial score (nSPS) is 19.9. The van der Waals surface area contributed by atoms with Crippen molar-refractivity contribution < 1.29 is 14.4 Å². The summed E-state index contributed by atoms with van der Waals surface area (Å²) < 4.78 is 0. The molecule has 12 heteroatoms. The lowest BCUT2D eigenvalue weighted by Crippen LogP contribution is -2.30. The van der Waals surface area contributed by atoms with E-state index in [1.54, 1.807) is 12.3 Å². The topological polar surface area (TPSA) is 146 Å². The van der Waals surface area contributed by atoms with Gasteiger partial charge in [0.25, 0.3) is 0 Å². The number of imide groups is 1. The second-order valence-electron chi connectivity index (χ2n) is 11.2. The van der Waals surface area contributed by atoms with Gasteiger partial charge in [-0.05, 0) is 67.5 Å². The van der Waals surface area contributed by atoms with Gasteiger partial charge >= 0.3 is 6.03 Å². The highest BCUT2D eigenvalue weighted by Gasteiger charge is 2.46. The summed E-state index contributed by atoms with van der Waals surface area (Å²) in [5.74, 6) is 1.59. The van der Waals surface area contributed by atoms with E-state index in [1.165, 1.54) is 23.8 Å². The van der Waals surface area contributed by atoms with Gasteiger partial charge in [-0.1, -0.05) is 0 Å².